The number of benzene rings is 2. The minimum Gasteiger partial charge on any atom is -0.448 e. The number of fused-ring (bicyclic) bond motifs is 3. The van der Waals surface area contributed by atoms with Crippen molar-refractivity contribution >= 4 is 28.0 Å². The number of aromatic nitrogens is 2. The molecule has 7 heteroatoms. The Morgan fingerprint density at radius 1 is 1.17 bits per heavy atom. The van der Waals surface area contributed by atoms with Gasteiger partial charge in [-0.15, -0.1) is 0 Å². The van der Waals surface area contributed by atoms with Crippen LogP contribution < -0.4 is 10.9 Å². The van der Waals surface area contributed by atoms with Crippen LogP contribution in [-0.4, -0.2) is 21.6 Å². The first-order chi connectivity index (χ1) is 14.5. The highest BCUT2D eigenvalue weighted by Gasteiger charge is 2.14. The zero-order chi connectivity index (χ0) is 21.1. The third-order valence-electron chi connectivity index (χ3n) is 4.73. The van der Waals surface area contributed by atoms with E-state index in [4.69, 9.17) is 9.15 Å². The molecule has 0 atom stereocenters. The van der Waals surface area contributed by atoms with E-state index in [9.17, 15) is 9.59 Å². The molecule has 2 heterocycles. The maximum atomic E-state index is 12.7. The molecule has 0 aliphatic rings. The van der Waals surface area contributed by atoms with E-state index in [1.165, 1.54) is 10.9 Å². The van der Waals surface area contributed by atoms with Gasteiger partial charge in [-0.25, -0.2) is 4.98 Å². The third kappa shape index (κ3) is 4.26. The van der Waals surface area contributed by atoms with Gasteiger partial charge < -0.3 is 14.5 Å². The lowest BCUT2D eigenvalue weighted by Crippen LogP contribution is -2.32. The number of para-hydroxylation sites is 1. The molecular weight excluding hydrogens is 382 g/mol. The number of amides is 1. The monoisotopic (exact) mass is 405 g/mol. The smallest absolute Gasteiger partial charge is 0.297 e. The highest BCUT2D eigenvalue weighted by atomic mass is 16.5. The van der Waals surface area contributed by atoms with Gasteiger partial charge in [0.1, 0.15) is 17.6 Å². The van der Waals surface area contributed by atoms with Crippen LogP contribution in [0.4, 0.5) is 0 Å². The van der Waals surface area contributed by atoms with Crippen molar-refractivity contribution in [3.63, 3.8) is 0 Å². The molecule has 0 saturated heterocycles. The average molecular weight is 405 g/mol. The number of ether oxygens (including phenoxy) is 1. The van der Waals surface area contributed by atoms with Gasteiger partial charge in [-0.1, -0.05) is 36.4 Å². The van der Waals surface area contributed by atoms with E-state index >= 15 is 0 Å². The summed E-state index contributed by atoms with van der Waals surface area (Å²) in [5.74, 6) is -0.279. The van der Waals surface area contributed by atoms with Crippen molar-refractivity contribution in [2.45, 2.75) is 39.6 Å². The lowest BCUT2D eigenvalue weighted by molar-refractivity contribution is -0.121. The van der Waals surface area contributed by atoms with Crippen molar-refractivity contribution < 1.29 is 13.9 Å². The minimum absolute atomic E-state index is 0.130. The molecule has 154 valence electrons. The fraction of sp³-hybridized carbons (Fsp3) is 0.261. The number of hydrogen-bond donors (Lipinski definition) is 1. The predicted octanol–water partition coefficient (Wildman–Crippen LogP) is 3.38. The van der Waals surface area contributed by atoms with Crippen molar-refractivity contribution in [3.05, 3.63) is 76.3 Å². The molecule has 1 amide bonds. The Morgan fingerprint density at radius 2 is 1.97 bits per heavy atom. The number of rotatable bonds is 7. The van der Waals surface area contributed by atoms with Gasteiger partial charge in [-0.05, 0) is 37.1 Å². The van der Waals surface area contributed by atoms with Crippen LogP contribution in [0.5, 0.6) is 0 Å². The quantitative estimate of drug-likeness (QED) is 0.509. The van der Waals surface area contributed by atoms with Crippen LogP contribution >= 0.6 is 0 Å². The van der Waals surface area contributed by atoms with Crippen molar-refractivity contribution in [2.24, 2.45) is 0 Å². The summed E-state index contributed by atoms with van der Waals surface area (Å²) in [6.45, 7) is 4.74. The van der Waals surface area contributed by atoms with Crippen molar-refractivity contribution in [3.8, 4) is 0 Å². The zero-order valence-electron chi connectivity index (χ0n) is 16.9. The molecule has 7 nitrogen and oxygen atoms in total. The van der Waals surface area contributed by atoms with Gasteiger partial charge in [0.05, 0.1) is 19.0 Å². The van der Waals surface area contributed by atoms with E-state index in [1.807, 2.05) is 56.3 Å². The van der Waals surface area contributed by atoms with E-state index in [-0.39, 0.29) is 29.7 Å². The van der Waals surface area contributed by atoms with Gasteiger partial charge in [0, 0.05) is 11.9 Å². The maximum absolute atomic E-state index is 12.7. The van der Waals surface area contributed by atoms with Gasteiger partial charge in [0.2, 0.25) is 11.5 Å². The second-order valence-corrected chi connectivity index (χ2v) is 7.41. The van der Waals surface area contributed by atoms with Crippen LogP contribution in [0.2, 0.25) is 0 Å². The molecule has 4 rings (SSSR count). The Kier molecular flexibility index (Phi) is 5.63. The SMILES string of the molecule is CC(C)OCc1cccc(CNC(=O)Cn2cnc3c(oc4ccccc43)c2=O)c1. The van der Waals surface area contributed by atoms with Crippen LogP contribution in [0.25, 0.3) is 22.1 Å². The predicted molar refractivity (Wildman–Crippen MR) is 114 cm³/mol. The average Bonchev–Trinajstić information content (AvgIpc) is 3.13. The first kappa shape index (κ1) is 19.8. The van der Waals surface area contributed by atoms with Gasteiger partial charge in [-0.3, -0.25) is 14.2 Å². The molecule has 30 heavy (non-hydrogen) atoms. The molecule has 0 bridgehead atoms. The fourth-order valence-corrected chi connectivity index (χ4v) is 3.23. The largest absolute Gasteiger partial charge is 0.448 e. The highest BCUT2D eigenvalue weighted by Crippen LogP contribution is 2.23. The summed E-state index contributed by atoms with van der Waals surface area (Å²) in [6.07, 6.45) is 1.54. The first-order valence-electron chi connectivity index (χ1n) is 9.84. The van der Waals surface area contributed by atoms with Gasteiger partial charge >= 0.3 is 0 Å². The normalized spacial score (nSPS) is 11.4. The summed E-state index contributed by atoms with van der Waals surface area (Å²) in [4.78, 5) is 29.4. The fourth-order valence-electron chi connectivity index (χ4n) is 3.23. The Hall–Kier alpha value is -3.45. The first-order valence-corrected chi connectivity index (χ1v) is 9.84. The molecule has 1 N–H and O–H groups in total. The Bertz CT molecular complexity index is 1260. The Labute approximate surface area is 173 Å². The van der Waals surface area contributed by atoms with Gasteiger partial charge in [-0.2, -0.15) is 0 Å². The van der Waals surface area contributed by atoms with Crippen molar-refractivity contribution in [1.82, 2.24) is 14.9 Å². The van der Waals surface area contributed by atoms with Gasteiger partial charge in [0.15, 0.2) is 0 Å². The molecule has 0 fully saturated rings. The molecule has 0 spiro atoms. The number of carbonyl (C=O) groups is 1. The lowest BCUT2D eigenvalue weighted by Gasteiger charge is -2.10. The molecule has 2 aromatic carbocycles. The molecule has 0 aliphatic heterocycles. The topological polar surface area (TPSA) is 86.4 Å². The molecule has 0 aliphatic carbocycles. The van der Waals surface area contributed by atoms with E-state index in [0.29, 0.717) is 24.3 Å². The highest BCUT2D eigenvalue weighted by molar-refractivity contribution is 6.01. The molecule has 0 saturated carbocycles. The molecule has 4 aromatic rings. The molecular formula is C23H23N3O4. The van der Waals surface area contributed by atoms with Gasteiger partial charge in [0.25, 0.3) is 5.56 Å². The van der Waals surface area contributed by atoms with Crippen LogP contribution in [0.3, 0.4) is 0 Å². The summed E-state index contributed by atoms with van der Waals surface area (Å²) < 4.78 is 12.5. The maximum Gasteiger partial charge on any atom is 0.297 e. The second-order valence-electron chi connectivity index (χ2n) is 7.41. The second kappa shape index (κ2) is 8.51. The minimum atomic E-state index is -0.376. The van der Waals surface area contributed by atoms with E-state index in [1.54, 1.807) is 6.07 Å². The number of nitrogens with one attached hydrogen (secondary N) is 1. The van der Waals surface area contributed by atoms with Crippen LogP contribution in [0.1, 0.15) is 25.0 Å². The van der Waals surface area contributed by atoms with Crippen molar-refractivity contribution in [1.29, 1.82) is 0 Å². The van der Waals surface area contributed by atoms with E-state index in [0.717, 1.165) is 16.5 Å². The molecule has 0 radical (unpaired) electrons. The number of hydrogen-bond acceptors (Lipinski definition) is 5. The number of carbonyl (C=O) groups excluding carboxylic acids is 1. The summed E-state index contributed by atoms with van der Waals surface area (Å²) in [5, 5.41) is 3.62. The van der Waals surface area contributed by atoms with Crippen LogP contribution in [0, 0.1) is 0 Å². The standard InChI is InChI=1S/C23H23N3O4/c1-15(2)29-13-17-7-5-6-16(10-17)11-24-20(27)12-26-14-25-21-18-8-3-4-9-19(18)30-22(21)23(26)28/h3-10,14-15H,11-13H2,1-2H3,(H,24,27). The Balaban J connectivity index is 1.44. The van der Waals surface area contributed by atoms with Crippen LogP contribution in [0.15, 0.2) is 64.1 Å². The van der Waals surface area contributed by atoms with E-state index < -0.39 is 0 Å². The molecule has 0 unspecified atom stereocenters. The Morgan fingerprint density at radius 3 is 2.80 bits per heavy atom. The summed E-state index contributed by atoms with van der Waals surface area (Å²) >= 11 is 0. The summed E-state index contributed by atoms with van der Waals surface area (Å²) in [7, 11) is 0. The lowest BCUT2D eigenvalue weighted by atomic mass is 10.1. The van der Waals surface area contributed by atoms with Crippen LogP contribution in [-0.2, 0) is 29.2 Å². The molecule has 2 aromatic heterocycles. The van der Waals surface area contributed by atoms with E-state index in [2.05, 4.69) is 10.3 Å². The summed E-state index contributed by atoms with van der Waals surface area (Å²) in [5.41, 5.74) is 2.90. The zero-order valence-corrected chi connectivity index (χ0v) is 16.9. The number of nitrogens with zero attached hydrogens (tertiary/aromatic N) is 2. The third-order valence-corrected chi connectivity index (χ3v) is 4.73. The number of furan rings is 1. The summed E-state index contributed by atoms with van der Waals surface area (Å²) in [6, 6.07) is 15.2. The van der Waals surface area contributed by atoms with Crippen molar-refractivity contribution in [2.75, 3.05) is 0 Å².